The fourth-order valence-electron chi connectivity index (χ4n) is 1.90. The number of aliphatic carboxylic acids is 1. The second-order valence-corrected chi connectivity index (χ2v) is 4.40. The summed E-state index contributed by atoms with van der Waals surface area (Å²) >= 11 is 0. The van der Waals surface area contributed by atoms with Gasteiger partial charge in [-0.05, 0) is 24.6 Å². The van der Waals surface area contributed by atoms with Crippen molar-refractivity contribution >= 4 is 11.7 Å². The number of nitrogens with one attached hydrogen (secondary N) is 1. The van der Waals surface area contributed by atoms with E-state index in [1.165, 1.54) is 0 Å². The molecule has 0 aliphatic rings. The van der Waals surface area contributed by atoms with Gasteiger partial charge in [0.05, 0.1) is 0 Å². The summed E-state index contributed by atoms with van der Waals surface area (Å²) in [7, 11) is 0. The smallest absolute Gasteiger partial charge is 0.330 e. The van der Waals surface area contributed by atoms with Crippen molar-refractivity contribution in [1.82, 2.24) is 0 Å². The maximum absolute atomic E-state index is 13.7. The highest BCUT2D eigenvalue weighted by atomic mass is 19.1. The fourth-order valence-corrected chi connectivity index (χ4v) is 1.90. The van der Waals surface area contributed by atoms with Gasteiger partial charge in [-0.25, -0.2) is 13.6 Å². The van der Waals surface area contributed by atoms with Crippen molar-refractivity contribution in [3.8, 4) is 0 Å². The highest BCUT2D eigenvalue weighted by molar-refractivity contribution is 5.79. The van der Waals surface area contributed by atoms with E-state index in [0.29, 0.717) is 11.8 Å². The summed E-state index contributed by atoms with van der Waals surface area (Å²) in [6, 6.07) is 8.63. The molecular formula is C15H13F2NO2. The molecule has 0 spiro atoms. The predicted octanol–water partition coefficient (Wildman–Crippen LogP) is 3.51. The number of halogens is 2. The molecule has 0 heterocycles. The van der Waals surface area contributed by atoms with Gasteiger partial charge in [0, 0.05) is 17.3 Å². The van der Waals surface area contributed by atoms with Crippen LogP contribution in [0, 0.1) is 18.6 Å². The molecule has 0 saturated heterocycles. The predicted molar refractivity (Wildman–Crippen MR) is 71.5 cm³/mol. The Kier molecular flexibility index (Phi) is 3.98. The van der Waals surface area contributed by atoms with E-state index in [1.54, 1.807) is 12.1 Å². The van der Waals surface area contributed by atoms with Gasteiger partial charge in [0.25, 0.3) is 0 Å². The van der Waals surface area contributed by atoms with Crippen molar-refractivity contribution in [1.29, 1.82) is 0 Å². The van der Waals surface area contributed by atoms with E-state index in [9.17, 15) is 18.7 Å². The van der Waals surface area contributed by atoms with E-state index in [2.05, 4.69) is 5.32 Å². The van der Waals surface area contributed by atoms with E-state index in [1.807, 2.05) is 19.1 Å². The number of aryl methyl sites for hydroxylation is 1. The van der Waals surface area contributed by atoms with Gasteiger partial charge in [0.1, 0.15) is 11.6 Å². The summed E-state index contributed by atoms with van der Waals surface area (Å²) in [5.41, 5.74) is 1.31. The Morgan fingerprint density at radius 3 is 2.50 bits per heavy atom. The number of hydrogen-bond donors (Lipinski definition) is 2. The number of hydrogen-bond acceptors (Lipinski definition) is 2. The van der Waals surface area contributed by atoms with Gasteiger partial charge in [-0.2, -0.15) is 0 Å². The Morgan fingerprint density at radius 2 is 1.90 bits per heavy atom. The van der Waals surface area contributed by atoms with Crippen molar-refractivity contribution in [3.63, 3.8) is 0 Å². The summed E-state index contributed by atoms with van der Waals surface area (Å²) in [6.07, 6.45) is 0. The maximum atomic E-state index is 13.7. The molecule has 5 heteroatoms. The first-order chi connectivity index (χ1) is 9.49. The van der Waals surface area contributed by atoms with Crippen molar-refractivity contribution < 1.29 is 18.7 Å². The molecule has 1 unspecified atom stereocenters. The van der Waals surface area contributed by atoms with Gasteiger partial charge in [-0.3, -0.25) is 0 Å². The van der Waals surface area contributed by atoms with E-state index in [0.717, 1.165) is 17.7 Å². The Morgan fingerprint density at radius 1 is 1.20 bits per heavy atom. The number of para-hydroxylation sites is 1. The molecule has 0 fully saturated rings. The Balaban J connectivity index is 2.37. The fraction of sp³-hybridized carbons (Fsp3) is 0.133. The zero-order valence-corrected chi connectivity index (χ0v) is 10.7. The lowest BCUT2D eigenvalue weighted by molar-refractivity contribution is -0.138. The molecule has 20 heavy (non-hydrogen) atoms. The number of carbonyl (C=O) groups is 1. The van der Waals surface area contributed by atoms with Crippen LogP contribution in [0.15, 0.2) is 42.5 Å². The van der Waals surface area contributed by atoms with Gasteiger partial charge in [0.2, 0.25) is 0 Å². The summed E-state index contributed by atoms with van der Waals surface area (Å²) < 4.78 is 26.6. The lowest BCUT2D eigenvalue weighted by Gasteiger charge is -2.18. The van der Waals surface area contributed by atoms with Gasteiger partial charge in [0.15, 0.2) is 6.04 Å². The second kappa shape index (κ2) is 5.69. The first-order valence-corrected chi connectivity index (χ1v) is 5.99. The van der Waals surface area contributed by atoms with Crippen LogP contribution in [0.2, 0.25) is 0 Å². The molecule has 2 N–H and O–H groups in total. The maximum Gasteiger partial charge on any atom is 0.330 e. The van der Waals surface area contributed by atoms with Crippen LogP contribution in [-0.2, 0) is 4.79 Å². The molecular weight excluding hydrogens is 264 g/mol. The molecule has 0 bridgehead atoms. The summed E-state index contributed by atoms with van der Waals surface area (Å²) in [4.78, 5) is 11.3. The number of anilines is 1. The SMILES string of the molecule is Cc1ccccc1NC(C(=O)O)c1ccc(F)cc1F. The van der Waals surface area contributed by atoms with Gasteiger partial charge < -0.3 is 10.4 Å². The standard InChI is InChI=1S/C15H13F2NO2/c1-9-4-2-3-5-13(9)18-14(15(19)20)11-7-6-10(16)8-12(11)17/h2-8,14,18H,1H3,(H,19,20). The van der Waals surface area contributed by atoms with Gasteiger partial charge >= 0.3 is 5.97 Å². The summed E-state index contributed by atoms with van der Waals surface area (Å²) in [6.45, 7) is 1.81. The van der Waals surface area contributed by atoms with Crippen molar-refractivity contribution in [3.05, 3.63) is 65.2 Å². The molecule has 2 aromatic carbocycles. The molecule has 0 amide bonds. The number of rotatable bonds is 4. The molecule has 104 valence electrons. The third kappa shape index (κ3) is 2.93. The Bertz CT molecular complexity index is 644. The van der Waals surface area contributed by atoms with Crippen LogP contribution in [0.5, 0.6) is 0 Å². The van der Waals surface area contributed by atoms with Crippen molar-refractivity contribution in [2.24, 2.45) is 0 Å². The third-order valence-corrected chi connectivity index (χ3v) is 2.97. The summed E-state index contributed by atoms with van der Waals surface area (Å²) in [5, 5.41) is 12.0. The molecule has 2 rings (SSSR count). The topological polar surface area (TPSA) is 49.3 Å². The number of benzene rings is 2. The molecule has 3 nitrogen and oxygen atoms in total. The lowest BCUT2D eigenvalue weighted by Crippen LogP contribution is -2.22. The summed E-state index contributed by atoms with van der Waals surface area (Å²) in [5.74, 6) is -2.87. The molecule has 0 aliphatic carbocycles. The molecule has 0 radical (unpaired) electrons. The third-order valence-electron chi connectivity index (χ3n) is 2.97. The molecule has 1 atom stereocenters. The van der Waals surface area contributed by atoms with E-state index < -0.39 is 23.6 Å². The van der Waals surface area contributed by atoms with E-state index >= 15 is 0 Å². The molecule has 2 aromatic rings. The normalized spacial score (nSPS) is 11.9. The van der Waals surface area contributed by atoms with Crippen molar-refractivity contribution in [2.75, 3.05) is 5.32 Å². The van der Waals surface area contributed by atoms with Crippen LogP contribution in [-0.4, -0.2) is 11.1 Å². The van der Waals surface area contributed by atoms with Gasteiger partial charge in [-0.15, -0.1) is 0 Å². The second-order valence-electron chi connectivity index (χ2n) is 4.40. The molecule has 0 saturated carbocycles. The van der Waals surface area contributed by atoms with Crippen LogP contribution in [0.25, 0.3) is 0 Å². The number of carboxylic acids is 1. The molecule has 0 aromatic heterocycles. The van der Waals surface area contributed by atoms with Gasteiger partial charge in [-0.1, -0.05) is 24.3 Å². The first-order valence-electron chi connectivity index (χ1n) is 5.99. The Labute approximate surface area is 114 Å². The average Bonchev–Trinajstić information content (AvgIpc) is 2.38. The first kappa shape index (κ1) is 14.0. The van der Waals surface area contributed by atoms with E-state index in [-0.39, 0.29) is 5.56 Å². The van der Waals surface area contributed by atoms with E-state index in [4.69, 9.17) is 0 Å². The Hall–Kier alpha value is -2.43. The minimum atomic E-state index is -1.28. The highest BCUT2D eigenvalue weighted by Gasteiger charge is 2.23. The molecule has 0 aliphatic heterocycles. The monoisotopic (exact) mass is 277 g/mol. The zero-order valence-electron chi connectivity index (χ0n) is 10.7. The minimum absolute atomic E-state index is 0.109. The van der Waals surface area contributed by atoms with Crippen LogP contribution in [0.1, 0.15) is 17.2 Å². The number of carboxylic acid groups (broad SMARTS) is 1. The van der Waals surface area contributed by atoms with Crippen LogP contribution in [0.4, 0.5) is 14.5 Å². The zero-order chi connectivity index (χ0) is 14.7. The van der Waals surface area contributed by atoms with Crippen LogP contribution >= 0.6 is 0 Å². The highest BCUT2D eigenvalue weighted by Crippen LogP contribution is 2.24. The average molecular weight is 277 g/mol. The largest absolute Gasteiger partial charge is 0.479 e. The van der Waals surface area contributed by atoms with Crippen molar-refractivity contribution in [2.45, 2.75) is 13.0 Å². The quantitative estimate of drug-likeness (QED) is 0.899. The van der Waals surface area contributed by atoms with Crippen LogP contribution in [0.3, 0.4) is 0 Å². The van der Waals surface area contributed by atoms with Crippen LogP contribution < -0.4 is 5.32 Å². The minimum Gasteiger partial charge on any atom is -0.479 e. The lowest BCUT2D eigenvalue weighted by atomic mass is 10.0.